The third-order valence-corrected chi connectivity index (χ3v) is 12.8. The first-order valence-corrected chi connectivity index (χ1v) is 26.7. The molecule has 0 atom stereocenters. The van der Waals surface area contributed by atoms with Crippen molar-refractivity contribution in [3.05, 3.63) is 209 Å². The second-order valence-corrected chi connectivity index (χ2v) is 23.5. The van der Waals surface area contributed by atoms with Crippen LogP contribution in [0.15, 0.2) is 170 Å². The van der Waals surface area contributed by atoms with Crippen LogP contribution >= 0.6 is 23.2 Å². The molecule has 1 saturated carbocycles. The maximum Gasteiger partial charge on any atom is 1.00 e. The van der Waals surface area contributed by atoms with E-state index < -0.39 is 0 Å². The first-order valence-electron chi connectivity index (χ1n) is 25.7. The molecule has 0 heterocycles. The van der Waals surface area contributed by atoms with Crippen molar-refractivity contribution in [3.63, 3.8) is 0 Å². The number of hydrogen-bond acceptors (Lipinski definition) is 8. The summed E-state index contributed by atoms with van der Waals surface area (Å²) >= 11 is 9.53. The molecule has 410 valence electrons. The van der Waals surface area contributed by atoms with E-state index in [0.29, 0.717) is 5.75 Å². The number of aromatic hydroxyl groups is 3. The number of phenols is 3. The van der Waals surface area contributed by atoms with E-state index in [1.807, 2.05) is 84.9 Å². The van der Waals surface area contributed by atoms with E-state index in [0.717, 1.165) is 34.1 Å². The van der Waals surface area contributed by atoms with Crippen LogP contribution in [-0.2, 0) is 27.1 Å². The molecule has 0 amide bonds. The van der Waals surface area contributed by atoms with E-state index in [9.17, 15) is 10.2 Å². The maximum absolute atomic E-state index is 9.30. The molecular formula is C66H83Cl2NaO8. The number of hydrogen-bond donors (Lipinski definition) is 3. The Labute approximate surface area is 493 Å². The van der Waals surface area contributed by atoms with Gasteiger partial charge in [0, 0.05) is 10.8 Å². The van der Waals surface area contributed by atoms with Crippen LogP contribution in [0.4, 0.5) is 0 Å². The third kappa shape index (κ3) is 23.3. The molecule has 7 aromatic rings. The van der Waals surface area contributed by atoms with Gasteiger partial charge in [-0.3, -0.25) is 0 Å². The van der Waals surface area contributed by atoms with E-state index in [4.69, 9.17) is 47.3 Å². The number of rotatable bonds is 12. The van der Waals surface area contributed by atoms with Gasteiger partial charge >= 0.3 is 29.6 Å². The van der Waals surface area contributed by atoms with Gasteiger partial charge in [0.1, 0.15) is 40.2 Å². The monoisotopic (exact) mass is 1100 g/mol. The summed E-state index contributed by atoms with van der Waals surface area (Å²) in [5, 5.41) is 27.8. The summed E-state index contributed by atoms with van der Waals surface area (Å²) in [5.41, 5.74) is 8.51. The fourth-order valence-corrected chi connectivity index (χ4v) is 7.42. The molecule has 0 bridgehead atoms. The topological polar surface area (TPSA) is 128 Å². The number of phenolic OH excluding ortho intramolecular Hbond substituents is 3. The van der Waals surface area contributed by atoms with Gasteiger partial charge < -0.3 is 39.7 Å². The van der Waals surface area contributed by atoms with Crippen molar-refractivity contribution in [1.82, 2.24) is 0 Å². The first kappa shape index (κ1) is 67.8. The van der Waals surface area contributed by atoms with Crippen LogP contribution in [0.2, 0.25) is 0 Å². The van der Waals surface area contributed by atoms with Crippen molar-refractivity contribution in [1.29, 1.82) is 0 Å². The van der Waals surface area contributed by atoms with Crippen molar-refractivity contribution in [2.24, 2.45) is 0 Å². The molecule has 0 radical (unpaired) electrons. The van der Waals surface area contributed by atoms with Gasteiger partial charge in [-0.2, -0.15) is 0 Å². The van der Waals surface area contributed by atoms with Gasteiger partial charge in [-0.1, -0.05) is 194 Å². The normalized spacial score (nSPS) is 11.8. The Balaban J connectivity index is 0.000000457. The zero-order valence-corrected chi connectivity index (χ0v) is 51.6. The summed E-state index contributed by atoms with van der Waals surface area (Å²) in [7, 11) is 0. The van der Waals surface area contributed by atoms with Crippen LogP contribution < -0.4 is 48.5 Å². The van der Waals surface area contributed by atoms with Crippen molar-refractivity contribution < 1.29 is 69.3 Å². The summed E-state index contributed by atoms with van der Waals surface area (Å²) in [6.45, 7) is 28.6. The SMILES string of the molecule is C1CC1.CC(C)(C)c1ccc(O)cc1.CC(C)(C)c1ccc(OCOc2ccc(C(C)(C)c3ccc(OCOc4ccc(C(C)(C)C)cc4)cc3)cc2)cc1.CC(C)(c1ccc(O)cc1)c1ccc(O)cc1.ClCCl.[Na+].[OH-]. The molecule has 0 spiro atoms. The van der Waals surface area contributed by atoms with Crippen LogP contribution in [0.1, 0.15) is 148 Å². The summed E-state index contributed by atoms with van der Waals surface area (Å²) in [6.07, 6.45) is 4.50. The fourth-order valence-electron chi connectivity index (χ4n) is 7.42. The molecule has 8 rings (SSSR count). The van der Waals surface area contributed by atoms with E-state index >= 15 is 0 Å². The molecular weight excluding hydrogens is 1010 g/mol. The summed E-state index contributed by atoms with van der Waals surface area (Å²) < 4.78 is 23.2. The number of benzene rings is 7. The smallest absolute Gasteiger partial charge is 0.870 e. The standard InChI is InChI=1S/C37H44O4.C15H16O2.C10H14O.C3H6.CH2Cl2.Na.H2O/c1-35(2,3)27-9-17-31(18-10-27)38-25-40-33-21-13-29(14-22-33)37(7,8)30-15-23-34(24-16-30)41-26-39-32-19-11-28(12-20-32)36(4,5)6;1-15(2,11-3-7-13(16)8-4-11)12-5-9-14(17)10-6-12;1-10(2,3)8-4-6-9(11)7-5-8;1-2-3-1;2-1-3;;/h9-24H,25-26H2,1-8H3;3-10,16-17H,1-2H3;4-7,11H,1-3H3;1-3H2;1H2;;1H2/q;;;;;+1;/p-1. The minimum absolute atomic E-state index is 0. The Hall–Kier alpha value is -5.32. The minimum Gasteiger partial charge on any atom is -0.870 e. The van der Waals surface area contributed by atoms with Crippen molar-refractivity contribution in [2.45, 2.75) is 136 Å². The molecule has 77 heavy (non-hydrogen) atoms. The quantitative estimate of drug-likeness (QED) is 0.0627. The Kier molecular flexibility index (Phi) is 27.6. The molecule has 11 heteroatoms. The Morgan fingerprint density at radius 3 is 0.636 bits per heavy atom. The van der Waals surface area contributed by atoms with E-state index in [1.165, 1.54) is 47.1 Å². The summed E-state index contributed by atoms with van der Waals surface area (Å²) in [4.78, 5) is 0. The Morgan fingerprint density at radius 2 is 0.468 bits per heavy atom. The minimum atomic E-state index is -0.187. The van der Waals surface area contributed by atoms with Crippen LogP contribution in [0.25, 0.3) is 0 Å². The van der Waals surface area contributed by atoms with Gasteiger partial charge in [0.25, 0.3) is 0 Å². The predicted molar refractivity (Wildman–Crippen MR) is 315 cm³/mol. The van der Waals surface area contributed by atoms with Crippen LogP contribution in [0, 0.1) is 0 Å². The van der Waals surface area contributed by atoms with Gasteiger partial charge in [0.15, 0.2) is 0 Å². The molecule has 0 aliphatic heterocycles. The molecule has 8 nitrogen and oxygen atoms in total. The van der Waals surface area contributed by atoms with Crippen molar-refractivity contribution >= 4 is 23.2 Å². The van der Waals surface area contributed by atoms with Crippen LogP contribution in [0.3, 0.4) is 0 Å². The number of ether oxygens (including phenoxy) is 4. The third-order valence-electron chi connectivity index (χ3n) is 12.8. The second kappa shape index (κ2) is 31.3. The second-order valence-electron chi connectivity index (χ2n) is 22.7. The average Bonchev–Trinajstić information content (AvgIpc) is 4.26. The van der Waals surface area contributed by atoms with Gasteiger partial charge in [0.05, 0.1) is 5.34 Å². The first-order chi connectivity index (χ1) is 35.2. The fraction of sp³-hybridized carbons (Fsp3) is 0.364. The predicted octanol–water partition coefficient (Wildman–Crippen LogP) is 15.0. The molecule has 0 saturated heterocycles. The largest absolute Gasteiger partial charge is 1.00 e. The molecule has 1 fully saturated rings. The molecule has 0 aromatic heterocycles. The molecule has 1 aliphatic rings. The van der Waals surface area contributed by atoms with Gasteiger partial charge in [0.2, 0.25) is 13.6 Å². The maximum atomic E-state index is 9.30. The molecule has 1 aliphatic carbocycles. The zero-order chi connectivity index (χ0) is 55.5. The number of halogens is 2. The zero-order valence-electron chi connectivity index (χ0n) is 48.1. The summed E-state index contributed by atoms with van der Waals surface area (Å²) in [6, 6.07) is 54.6. The van der Waals surface area contributed by atoms with Crippen molar-refractivity contribution in [2.75, 3.05) is 18.9 Å². The summed E-state index contributed by atoms with van der Waals surface area (Å²) in [5.74, 6) is 4.01. The molecule has 7 aromatic carbocycles. The molecule has 4 N–H and O–H groups in total. The van der Waals surface area contributed by atoms with Crippen LogP contribution in [0.5, 0.6) is 40.2 Å². The molecule has 0 unspecified atom stereocenters. The van der Waals surface area contributed by atoms with E-state index in [1.54, 1.807) is 36.4 Å². The van der Waals surface area contributed by atoms with E-state index in [-0.39, 0.29) is 92.5 Å². The Bertz CT molecular complexity index is 2540. The van der Waals surface area contributed by atoms with E-state index in [2.05, 4.69) is 139 Å². The van der Waals surface area contributed by atoms with Crippen LogP contribution in [-0.4, -0.2) is 39.7 Å². The van der Waals surface area contributed by atoms with Crippen molar-refractivity contribution in [3.8, 4) is 40.2 Å². The average molecular weight is 1100 g/mol. The van der Waals surface area contributed by atoms with Gasteiger partial charge in [-0.15, -0.1) is 23.2 Å². The van der Waals surface area contributed by atoms with Gasteiger partial charge in [-0.05, 0) is 140 Å². The number of alkyl halides is 2. The van der Waals surface area contributed by atoms with Gasteiger partial charge in [-0.25, -0.2) is 0 Å². The Morgan fingerprint density at radius 1 is 0.312 bits per heavy atom.